The molecule has 1 atom stereocenters. The Morgan fingerprint density at radius 1 is 0.844 bits per heavy atom. The summed E-state index contributed by atoms with van der Waals surface area (Å²) in [6, 6.07) is 37.2. The Labute approximate surface area is 272 Å². The van der Waals surface area contributed by atoms with Crippen molar-refractivity contribution in [1.82, 2.24) is 0 Å². The van der Waals surface area contributed by atoms with Crippen LogP contribution in [0.1, 0.15) is 40.1 Å². The molecule has 1 aliphatic rings. The standard InChI is InChI=1S/C36H32BrN3O4S/c1-3-44-31-19-17-30(18-20-31)40-35(27-11-13-28(37)14-12-27)39(24-26-7-5-4-6-8-26)34-22-21-32(23-33(34)36(40)41)45(42,43)38-29-15-9-25(2)10-16-29/h4-23,35,38H,3,24H2,1-2H3/t35-/m0/s1. The minimum atomic E-state index is -3.98. The molecule has 1 N–H and O–H groups in total. The van der Waals surface area contributed by atoms with Gasteiger partial charge in [-0.3, -0.25) is 14.4 Å². The Morgan fingerprint density at radius 3 is 2.20 bits per heavy atom. The van der Waals surface area contributed by atoms with Crippen LogP contribution >= 0.6 is 15.9 Å². The normalized spacial score (nSPS) is 14.6. The van der Waals surface area contributed by atoms with E-state index in [9.17, 15) is 13.2 Å². The van der Waals surface area contributed by atoms with E-state index in [1.165, 1.54) is 6.07 Å². The minimum Gasteiger partial charge on any atom is -0.494 e. The Balaban J connectivity index is 1.51. The lowest BCUT2D eigenvalue weighted by Gasteiger charge is -2.46. The third kappa shape index (κ3) is 6.45. The van der Waals surface area contributed by atoms with Gasteiger partial charge in [0.2, 0.25) is 0 Å². The van der Waals surface area contributed by atoms with Crippen LogP contribution in [0.25, 0.3) is 0 Å². The Kier molecular flexibility index (Phi) is 8.65. The summed E-state index contributed by atoms with van der Waals surface area (Å²) in [6.07, 6.45) is -0.524. The monoisotopic (exact) mass is 681 g/mol. The number of rotatable bonds is 9. The van der Waals surface area contributed by atoms with Crippen LogP contribution < -0.4 is 19.3 Å². The fourth-order valence-corrected chi connectivity index (χ4v) is 6.84. The fourth-order valence-electron chi connectivity index (χ4n) is 5.50. The molecule has 228 valence electrons. The highest BCUT2D eigenvalue weighted by Crippen LogP contribution is 2.43. The second kappa shape index (κ2) is 12.8. The highest BCUT2D eigenvalue weighted by atomic mass is 79.9. The number of ether oxygens (including phenoxy) is 1. The number of halogens is 1. The van der Waals surface area contributed by atoms with Crippen molar-refractivity contribution in [3.05, 3.63) is 148 Å². The molecule has 0 aliphatic carbocycles. The number of hydrogen-bond donors (Lipinski definition) is 1. The molecule has 9 heteroatoms. The fraction of sp³-hybridized carbons (Fsp3) is 0.139. The quantitative estimate of drug-likeness (QED) is 0.169. The number of nitrogens with zero attached hydrogens (tertiary/aromatic N) is 2. The molecule has 0 saturated heterocycles. The number of carbonyl (C=O) groups excluding carboxylic acids is 1. The van der Waals surface area contributed by atoms with Crippen molar-refractivity contribution in [2.75, 3.05) is 21.1 Å². The maximum Gasteiger partial charge on any atom is 0.262 e. The summed E-state index contributed by atoms with van der Waals surface area (Å²) in [5.74, 6) is 0.391. The number of benzene rings is 5. The van der Waals surface area contributed by atoms with Crippen LogP contribution in [0, 0.1) is 6.92 Å². The molecule has 1 amide bonds. The van der Waals surface area contributed by atoms with Gasteiger partial charge in [0.15, 0.2) is 0 Å². The van der Waals surface area contributed by atoms with Crippen molar-refractivity contribution in [1.29, 1.82) is 0 Å². The van der Waals surface area contributed by atoms with E-state index in [2.05, 4.69) is 25.6 Å². The molecule has 0 aromatic heterocycles. The molecule has 0 saturated carbocycles. The Bertz CT molecular complexity index is 1920. The summed E-state index contributed by atoms with van der Waals surface area (Å²) < 4.78 is 36.3. The van der Waals surface area contributed by atoms with Gasteiger partial charge in [-0.2, -0.15) is 0 Å². The van der Waals surface area contributed by atoms with E-state index >= 15 is 0 Å². The number of anilines is 3. The predicted molar refractivity (Wildman–Crippen MR) is 182 cm³/mol. The number of fused-ring (bicyclic) bond motifs is 1. The van der Waals surface area contributed by atoms with Crippen LogP contribution in [0.4, 0.5) is 17.1 Å². The van der Waals surface area contributed by atoms with Gasteiger partial charge in [-0.1, -0.05) is 76.1 Å². The van der Waals surface area contributed by atoms with E-state index in [-0.39, 0.29) is 10.8 Å². The molecule has 0 radical (unpaired) electrons. The zero-order valence-corrected chi connectivity index (χ0v) is 27.3. The van der Waals surface area contributed by atoms with Gasteiger partial charge in [0, 0.05) is 22.4 Å². The smallest absolute Gasteiger partial charge is 0.262 e. The first-order valence-electron chi connectivity index (χ1n) is 14.6. The van der Waals surface area contributed by atoms with Crippen LogP contribution in [0.5, 0.6) is 5.75 Å². The lowest BCUT2D eigenvalue weighted by molar-refractivity contribution is 0.0968. The topological polar surface area (TPSA) is 78.9 Å². The van der Waals surface area contributed by atoms with Gasteiger partial charge in [-0.25, -0.2) is 8.42 Å². The number of amides is 1. The van der Waals surface area contributed by atoms with Crippen molar-refractivity contribution in [2.24, 2.45) is 0 Å². The molecule has 1 aliphatic heterocycles. The minimum absolute atomic E-state index is 0.00331. The molecule has 0 bridgehead atoms. The van der Waals surface area contributed by atoms with Crippen molar-refractivity contribution in [2.45, 2.75) is 31.5 Å². The number of hydrogen-bond acceptors (Lipinski definition) is 5. The summed E-state index contributed by atoms with van der Waals surface area (Å²) in [5, 5.41) is 0. The lowest BCUT2D eigenvalue weighted by atomic mass is 9.99. The van der Waals surface area contributed by atoms with Crippen LogP contribution in [0.3, 0.4) is 0 Å². The van der Waals surface area contributed by atoms with Gasteiger partial charge in [0.05, 0.1) is 22.8 Å². The molecule has 5 aromatic carbocycles. The van der Waals surface area contributed by atoms with Crippen molar-refractivity contribution in [3.63, 3.8) is 0 Å². The van der Waals surface area contributed by atoms with E-state index in [0.717, 1.165) is 21.2 Å². The summed E-state index contributed by atoms with van der Waals surface area (Å²) in [7, 11) is -3.98. The number of aryl methyl sites for hydroxylation is 1. The second-order valence-electron chi connectivity index (χ2n) is 10.8. The van der Waals surface area contributed by atoms with Crippen molar-refractivity contribution >= 4 is 48.9 Å². The van der Waals surface area contributed by atoms with Crippen LogP contribution in [-0.4, -0.2) is 20.9 Å². The van der Waals surface area contributed by atoms with Crippen LogP contribution in [0.15, 0.2) is 131 Å². The zero-order chi connectivity index (χ0) is 31.6. The molecule has 0 fully saturated rings. The summed E-state index contributed by atoms with van der Waals surface area (Å²) >= 11 is 3.54. The molecular formula is C36H32BrN3O4S. The first-order valence-corrected chi connectivity index (χ1v) is 16.9. The Morgan fingerprint density at radius 2 is 1.53 bits per heavy atom. The largest absolute Gasteiger partial charge is 0.494 e. The predicted octanol–water partition coefficient (Wildman–Crippen LogP) is 8.32. The highest BCUT2D eigenvalue weighted by Gasteiger charge is 2.40. The van der Waals surface area contributed by atoms with E-state index in [0.29, 0.717) is 41.5 Å². The summed E-state index contributed by atoms with van der Waals surface area (Å²) in [5.41, 5.74) is 5.01. The average Bonchev–Trinajstić information content (AvgIpc) is 3.05. The van der Waals surface area contributed by atoms with Gasteiger partial charge in [-0.15, -0.1) is 0 Å². The molecule has 7 nitrogen and oxygen atoms in total. The SMILES string of the molecule is CCOc1ccc(N2C(=O)c3cc(S(=O)(=O)Nc4ccc(C)cc4)ccc3N(Cc3ccccc3)[C@@H]2c2ccc(Br)cc2)cc1. The zero-order valence-electron chi connectivity index (χ0n) is 24.9. The summed E-state index contributed by atoms with van der Waals surface area (Å²) in [6.45, 7) is 4.86. The number of carbonyl (C=O) groups is 1. The van der Waals surface area contributed by atoms with Gasteiger partial charge >= 0.3 is 0 Å². The first-order chi connectivity index (χ1) is 21.7. The second-order valence-corrected chi connectivity index (χ2v) is 13.4. The van der Waals surface area contributed by atoms with Crippen LogP contribution in [0.2, 0.25) is 0 Å². The molecule has 6 rings (SSSR count). The number of sulfonamides is 1. The molecule has 1 heterocycles. The van der Waals surface area contributed by atoms with E-state index < -0.39 is 16.2 Å². The first kappa shape index (κ1) is 30.4. The average molecular weight is 683 g/mol. The number of nitrogens with one attached hydrogen (secondary N) is 1. The Hall–Kier alpha value is -4.60. The van der Waals surface area contributed by atoms with E-state index in [1.54, 1.807) is 29.2 Å². The molecule has 5 aromatic rings. The van der Waals surface area contributed by atoms with E-state index in [1.807, 2.05) is 105 Å². The van der Waals surface area contributed by atoms with Gasteiger partial charge < -0.3 is 9.64 Å². The highest BCUT2D eigenvalue weighted by molar-refractivity contribution is 9.10. The molecule has 0 unspecified atom stereocenters. The maximum absolute atomic E-state index is 14.6. The van der Waals surface area contributed by atoms with Crippen molar-refractivity contribution < 1.29 is 17.9 Å². The molecular weight excluding hydrogens is 650 g/mol. The molecule has 45 heavy (non-hydrogen) atoms. The van der Waals surface area contributed by atoms with E-state index in [4.69, 9.17) is 4.74 Å². The van der Waals surface area contributed by atoms with Gasteiger partial charge in [0.1, 0.15) is 11.9 Å². The third-order valence-corrected chi connectivity index (χ3v) is 9.58. The maximum atomic E-state index is 14.6. The lowest BCUT2D eigenvalue weighted by Crippen LogP contribution is -2.49. The summed E-state index contributed by atoms with van der Waals surface area (Å²) in [4.78, 5) is 18.5. The van der Waals surface area contributed by atoms with Gasteiger partial charge in [-0.05, 0) is 91.7 Å². The third-order valence-electron chi connectivity index (χ3n) is 7.67. The molecule has 0 spiro atoms. The van der Waals surface area contributed by atoms with Gasteiger partial charge in [0.25, 0.3) is 15.9 Å². The van der Waals surface area contributed by atoms with Crippen LogP contribution in [-0.2, 0) is 16.6 Å². The van der Waals surface area contributed by atoms with Crippen molar-refractivity contribution in [3.8, 4) is 5.75 Å².